The molecule has 0 radical (unpaired) electrons. The Bertz CT molecular complexity index is 660. The number of hydrogen-bond acceptors (Lipinski definition) is 2. The Labute approximate surface area is 114 Å². The molecule has 2 N–H and O–H groups in total. The van der Waals surface area contributed by atoms with E-state index in [-0.39, 0.29) is 11.6 Å². The van der Waals surface area contributed by atoms with Gasteiger partial charge in [0.15, 0.2) is 11.6 Å². The fourth-order valence-electron chi connectivity index (χ4n) is 2.43. The molecule has 1 aliphatic heterocycles. The van der Waals surface area contributed by atoms with Gasteiger partial charge in [-0.2, -0.15) is 0 Å². The van der Waals surface area contributed by atoms with Crippen molar-refractivity contribution < 1.29 is 17.9 Å². The normalized spacial score (nSPS) is 21.2. The predicted molar refractivity (Wildman–Crippen MR) is 67.7 cm³/mol. The number of rotatable bonds is 1. The highest BCUT2D eigenvalue weighted by molar-refractivity contribution is 5.39. The van der Waals surface area contributed by atoms with Crippen LogP contribution < -0.4 is 10.5 Å². The van der Waals surface area contributed by atoms with Crippen molar-refractivity contribution in [3.05, 3.63) is 65.0 Å². The van der Waals surface area contributed by atoms with Crippen LogP contribution in [0.5, 0.6) is 5.75 Å². The van der Waals surface area contributed by atoms with E-state index < -0.39 is 23.6 Å². The quantitative estimate of drug-likeness (QED) is 0.809. The minimum absolute atomic E-state index is 0.0196. The lowest BCUT2D eigenvalue weighted by atomic mass is 9.93. The molecule has 2 atom stereocenters. The van der Waals surface area contributed by atoms with Crippen LogP contribution in [-0.4, -0.2) is 0 Å². The van der Waals surface area contributed by atoms with Crippen molar-refractivity contribution in [1.82, 2.24) is 0 Å². The lowest BCUT2D eigenvalue weighted by Gasteiger charge is -2.30. The summed E-state index contributed by atoms with van der Waals surface area (Å²) in [6.45, 7) is 0. The van der Waals surface area contributed by atoms with Crippen LogP contribution in [0, 0.1) is 17.5 Å². The number of fused-ring (bicyclic) bond motifs is 1. The molecule has 0 amide bonds. The van der Waals surface area contributed by atoms with Crippen LogP contribution in [0.4, 0.5) is 13.2 Å². The van der Waals surface area contributed by atoms with Crippen molar-refractivity contribution in [2.75, 3.05) is 0 Å². The van der Waals surface area contributed by atoms with Crippen LogP contribution in [0.3, 0.4) is 0 Å². The molecule has 104 valence electrons. The highest BCUT2D eigenvalue weighted by atomic mass is 19.2. The number of nitrogens with two attached hydrogens (primary N) is 1. The summed E-state index contributed by atoms with van der Waals surface area (Å²) < 4.78 is 45.7. The van der Waals surface area contributed by atoms with Gasteiger partial charge in [0.2, 0.25) is 0 Å². The van der Waals surface area contributed by atoms with Crippen LogP contribution in [0.2, 0.25) is 0 Å². The van der Waals surface area contributed by atoms with Gasteiger partial charge in [0.25, 0.3) is 0 Å². The van der Waals surface area contributed by atoms with Gasteiger partial charge < -0.3 is 10.5 Å². The Morgan fingerprint density at radius 2 is 1.65 bits per heavy atom. The monoisotopic (exact) mass is 279 g/mol. The topological polar surface area (TPSA) is 35.2 Å². The summed E-state index contributed by atoms with van der Waals surface area (Å²) >= 11 is 0. The molecule has 2 unspecified atom stereocenters. The average molecular weight is 279 g/mol. The summed E-state index contributed by atoms with van der Waals surface area (Å²) in [6.07, 6.45) is -0.422. The third-order valence-electron chi connectivity index (χ3n) is 3.44. The maximum Gasteiger partial charge on any atom is 0.161 e. The standard InChI is InChI=1S/C15H12F3NO/c16-10-6-12(18)11(17)5-9(10)15-7-13(19)8-3-1-2-4-14(8)20-15/h1-6,13,15H,7,19H2. The van der Waals surface area contributed by atoms with E-state index in [1.54, 1.807) is 12.1 Å². The van der Waals surface area contributed by atoms with Gasteiger partial charge >= 0.3 is 0 Å². The Morgan fingerprint density at radius 3 is 2.45 bits per heavy atom. The lowest BCUT2D eigenvalue weighted by Crippen LogP contribution is -2.24. The number of ether oxygens (including phenoxy) is 1. The van der Waals surface area contributed by atoms with E-state index in [1.807, 2.05) is 12.1 Å². The zero-order valence-electron chi connectivity index (χ0n) is 10.4. The van der Waals surface area contributed by atoms with E-state index in [2.05, 4.69) is 0 Å². The van der Waals surface area contributed by atoms with Crippen LogP contribution in [0.1, 0.15) is 29.7 Å². The van der Waals surface area contributed by atoms with Gasteiger partial charge in [-0.25, -0.2) is 13.2 Å². The predicted octanol–water partition coefficient (Wildman–Crippen LogP) is 3.63. The van der Waals surface area contributed by atoms with Gasteiger partial charge in [-0.3, -0.25) is 0 Å². The average Bonchev–Trinajstić information content (AvgIpc) is 2.43. The van der Waals surface area contributed by atoms with Gasteiger partial charge in [-0.1, -0.05) is 18.2 Å². The van der Waals surface area contributed by atoms with Crippen molar-refractivity contribution in [3.8, 4) is 5.75 Å². The Balaban J connectivity index is 2.00. The fourth-order valence-corrected chi connectivity index (χ4v) is 2.43. The van der Waals surface area contributed by atoms with Crippen LogP contribution in [-0.2, 0) is 0 Å². The van der Waals surface area contributed by atoms with Crippen LogP contribution >= 0.6 is 0 Å². The second kappa shape index (κ2) is 4.83. The zero-order valence-corrected chi connectivity index (χ0v) is 10.4. The SMILES string of the molecule is NC1CC(c2cc(F)c(F)cc2F)Oc2ccccc21. The number of benzene rings is 2. The summed E-state index contributed by atoms with van der Waals surface area (Å²) in [4.78, 5) is 0. The molecule has 2 nitrogen and oxygen atoms in total. The first-order valence-corrected chi connectivity index (χ1v) is 6.22. The van der Waals surface area contributed by atoms with E-state index in [9.17, 15) is 13.2 Å². The Kier molecular flexibility index (Phi) is 3.14. The van der Waals surface area contributed by atoms with E-state index >= 15 is 0 Å². The Morgan fingerprint density at radius 1 is 0.950 bits per heavy atom. The van der Waals surface area contributed by atoms with Crippen LogP contribution in [0.25, 0.3) is 0 Å². The van der Waals surface area contributed by atoms with Gasteiger partial charge in [-0.05, 0) is 12.1 Å². The van der Waals surface area contributed by atoms with Crippen molar-refractivity contribution in [2.24, 2.45) is 5.73 Å². The maximum atomic E-state index is 13.8. The molecule has 20 heavy (non-hydrogen) atoms. The minimum atomic E-state index is -1.22. The second-order valence-corrected chi connectivity index (χ2v) is 4.77. The molecule has 2 aromatic carbocycles. The molecule has 0 spiro atoms. The van der Waals surface area contributed by atoms with E-state index in [1.165, 1.54) is 0 Å². The van der Waals surface area contributed by atoms with Crippen molar-refractivity contribution in [3.63, 3.8) is 0 Å². The molecule has 2 aromatic rings. The molecule has 0 bridgehead atoms. The van der Waals surface area contributed by atoms with E-state index in [0.717, 1.165) is 11.6 Å². The summed E-state index contributed by atoms with van der Waals surface area (Å²) in [5.74, 6) is -2.61. The zero-order chi connectivity index (χ0) is 14.3. The molecule has 0 aromatic heterocycles. The molecule has 0 saturated carbocycles. The largest absolute Gasteiger partial charge is 0.485 e. The summed E-state index contributed by atoms with van der Waals surface area (Å²) in [6, 6.07) is 8.18. The van der Waals surface area contributed by atoms with Gasteiger partial charge in [0.05, 0.1) is 0 Å². The number of halogens is 3. The van der Waals surface area contributed by atoms with E-state index in [4.69, 9.17) is 10.5 Å². The summed E-state index contributed by atoms with van der Waals surface area (Å²) in [5.41, 5.74) is 6.83. The first kappa shape index (κ1) is 13.0. The first-order chi connectivity index (χ1) is 9.56. The highest BCUT2D eigenvalue weighted by Gasteiger charge is 2.29. The molecular weight excluding hydrogens is 267 g/mol. The minimum Gasteiger partial charge on any atom is -0.485 e. The van der Waals surface area contributed by atoms with E-state index in [0.29, 0.717) is 18.2 Å². The molecule has 1 aliphatic rings. The fraction of sp³-hybridized carbons (Fsp3) is 0.200. The molecule has 0 saturated heterocycles. The van der Waals surface area contributed by atoms with Crippen molar-refractivity contribution in [2.45, 2.75) is 18.6 Å². The summed E-state index contributed by atoms with van der Waals surface area (Å²) in [5, 5.41) is 0. The molecular formula is C15H12F3NO. The molecule has 0 aliphatic carbocycles. The molecule has 1 heterocycles. The first-order valence-electron chi connectivity index (χ1n) is 6.22. The van der Waals surface area contributed by atoms with Crippen LogP contribution in [0.15, 0.2) is 36.4 Å². The molecule has 3 rings (SSSR count). The lowest BCUT2D eigenvalue weighted by molar-refractivity contribution is 0.156. The summed E-state index contributed by atoms with van der Waals surface area (Å²) in [7, 11) is 0. The van der Waals surface area contributed by atoms with Crippen molar-refractivity contribution >= 4 is 0 Å². The maximum absolute atomic E-state index is 13.8. The third-order valence-corrected chi connectivity index (χ3v) is 3.44. The Hall–Kier alpha value is -2.01. The second-order valence-electron chi connectivity index (χ2n) is 4.77. The molecule has 0 fully saturated rings. The number of hydrogen-bond donors (Lipinski definition) is 1. The number of para-hydroxylation sites is 1. The third kappa shape index (κ3) is 2.14. The smallest absolute Gasteiger partial charge is 0.161 e. The molecule has 5 heteroatoms. The van der Waals surface area contributed by atoms with Gasteiger partial charge in [0.1, 0.15) is 17.7 Å². The van der Waals surface area contributed by atoms with Gasteiger partial charge in [-0.15, -0.1) is 0 Å². The van der Waals surface area contributed by atoms with Crippen molar-refractivity contribution in [1.29, 1.82) is 0 Å². The van der Waals surface area contributed by atoms with Gasteiger partial charge in [0, 0.05) is 29.7 Å². The highest BCUT2D eigenvalue weighted by Crippen LogP contribution is 2.40.